The summed E-state index contributed by atoms with van der Waals surface area (Å²) in [5.41, 5.74) is 10.1. The first-order valence-corrected chi connectivity index (χ1v) is 13.3. The van der Waals surface area contributed by atoms with Crippen LogP contribution in [0.1, 0.15) is 41.8 Å². The second-order valence-corrected chi connectivity index (χ2v) is 10.2. The van der Waals surface area contributed by atoms with E-state index < -0.39 is 0 Å². The van der Waals surface area contributed by atoms with Crippen LogP contribution in [0.2, 0.25) is 10.0 Å². The van der Waals surface area contributed by atoms with Crippen molar-refractivity contribution in [2.24, 2.45) is 0 Å². The van der Waals surface area contributed by atoms with E-state index in [4.69, 9.17) is 28.3 Å². The van der Waals surface area contributed by atoms with E-state index in [1.165, 1.54) is 22.4 Å². The van der Waals surface area contributed by atoms with Crippen LogP contribution in [-0.2, 0) is 25.8 Å². The number of halogens is 2. The third-order valence-electron chi connectivity index (χ3n) is 7.23. The first-order valence-electron chi connectivity index (χ1n) is 12.5. The third-order valence-corrected chi connectivity index (χ3v) is 7.73. The van der Waals surface area contributed by atoms with Crippen molar-refractivity contribution in [3.8, 4) is 16.9 Å². The monoisotopic (exact) mass is 529 g/mol. The standard InChI is InChI=1S/C29H27Cl2N6/c1-4-18-7-6-8-19(5-2)26(18)37-27(21-9-10-24(31)28-22(21)11-13-35(28)3)23-17-36(14-12-25(23)34-37)29-32-15-20(30)16-33-29/h6-11,13,15-16H,3-5,12,14,17H2,1-2H3/q+1. The van der Waals surface area contributed by atoms with Gasteiger partial charge in [0.15, 0.2) is 6.20 Å². The first kappa shape index (κ1) is 23.9. The Morgan fingerprint density at radius 3 is 2.46 bits per heavy atom. The lowest BCUT2D eigenvalue weighted by Crippen LogP contribution is -2.31. The molecule has 2 aliphatic heterocycles. The summed E-state index contributed by atoms with van der Waals surface area (Å²) in [6, 6.07) is 10.6. The molecule has 0 atom stereocenters. The lowest BCUT2D eigenvalue weighted by Gasteiger charge is -2.27. The molecule has 0 fully saturated rings. The van der Waals surface area contributed by atoms with E-state index in [9.17, 15) is 0 Å². The molecule has 2 aromatic heterocycles. The van der Waals surface area contributed by atoms with E-state index in [1.54, 1.807) is 12.4 Å². The molecule has 186 valence electrons. The van der Waals surface area contributed by atoms with Crippen molar-refractivity contribution in [3.63, 3.8) is 0 Å². The summed E-state index contributed by atoms with van der Waals surface area (Å²) in [5, 5.41) is 6.47. The fourth-order valence-electron chi connectivity index (χ4n) is 5.43. The molecule has 6 nitrogen and oxygen atoms in total. The SMILES string of the molecule is C=[N+]1C=Cc2c(-c3c4c(nn3-c3c(CC)cccc3CC)CCN(c3ncc(Cl)cn3)C4)ccc(Cl)c21. The summed E-state index contributed by atoms with van der Waals surface area (Å²) >= 11 is 12.7. The predicted molar refractivity (Wildman–Crippen MR) is 151 cm³/mol. The Morgan fingerprint density at radius 2 is 1.76 bits per heavy atom. The Hall–Kier alpha value is -3.48. The zero-order chi connectivity index (χ0) is 25.7. The average molecular weight is 530 g/mol. The molecule has 4 heterocycles. The minimum atomic E-state index is 0.527. The lowest BCUT2D eigenvalue weighted by atomic mass is 9.96. The normalized spacial score (nSPS) is 14.3. The molecule has 4 aromatic rings. The summed E-state index contributed by atoms with van der Waals surface area (Å²) in [7, 11) is 0. The Balaban J connectivity index is 1.61. The molecule has 0 bridgehead atoms. The van der Waals surface area contributed by atoms with Gasteiger partial charge in [0.2, 0.25) is 11.6 Å². The molecule has 6 rings (SSSR count). The Labute approximate surface area is 226 Å². The highest BCUT2D eigenvalue weighted by atomic mass is 35.5. The highest BCUT2D eigenvalue weighted by Crippen LogP contribution is 2.44. The van der Waals surface area contributed by atoms with Crippen LogP contribution in [0.5, 0.6) is 0 Å². The van der Waals surface area contributed by atoms with Crippen molar-refractivity contribution in [3.05, 3.63) is 86.9 Å². The predicted octanol–water partition coefficient (Wildman–Crippen LogP) is 6.65. The van der Waals surface area contributed by atoms with Crippen molar-refractivity contribution in [1.82, 2.24) is 19.7 Å². The first-order chi connectivity index (χ1) is 18.0. The van der Waals surface area contributed by atoms with Gasteiger partial charge in [0.25, 0.3) is 0 Å². The quantitative estimate of drug-likeness (QED) is 0.271. The van der Waals surface area contributed by atoms with Crippen molar-refractivity contribution in [2.45, 2.75) is 39.7 Å². The van der Waals surface area contributed by atoms with E-state index in [1.807, 2.05) is 16.8 Å². The average Bonchev–Trinajstić information content (AvgIpc) is 3.50. The number of anilines is 1. The third kappa shape index (κ3) is 3.95. The molecular formula is C29H27Cl2N6+. The maximum absolute atomic E-state index is 6.63. The van der Waals surface area contributed by atoms with Crippen LogP contribution in [0.25, 0.3) is 23.0 Å². The number of rotatable bonds is 5. The smallest absolute Gasteiger partial charge is 0.237 e. The lowest BCUT2D eigenvalue weighted by molar-refractivity contribution is -0.343. The van der Waals surface area contributed by atoms with E-state index in [0.29, 0.717) is 22.5 Å². The molecule has 0 spiro atoms. The topological polar surface area (TPSA) is 49.9 Å². The largest absolute Gasteiger partial charge is 0.336 e. The highest BCUT2D eigenvalue weighted by molar-refractivity contribution is 6.33. The second kappa shape index (κ2) is 9.43. The van der Waals surface area contributed by atoms with Crippen LogP contribution in [-0.4, -0.2) is 37.6 Å². The van der Waals surface area contributed by atoms with Crippen molar-refractivity contribution < 1.29 is 4.58 Å². The number of hydrogen-bond acceptors (Lipinski definition) is 4. The van der Waals surface area contributed by atoms with E-state index in [-0.39, 0.29) is 0 Å². The molecule has 8 heteroatoms. The fourth-order valence-corrected chi connectivity index (χ4v) is 5.80. The van der Waals surface area contributed by atoms with Crippen LogP contribution in [0.3, 0.4) is 0 Å². The van der Waals surface area contributed by atoms with E-state index in [0.717, 1.165) is 54.0 Å². The second-order valence-electron chi connectivity index (χ2n) is 9.33. The van der Waals surface area contributed by atoms with Gasteiger partial charge in [-0.15, -0.1) is 0 Å². The summed E-state index contributed by atoms with van der Waals surface area (Å²) in [6.07, 6.45) is 9.97. The van der Waals surface area contributed by atoms with Crippen LogP contribution < -0.4 is 4.90 Å². The summed E-state index contributed by atoms with van der Waals surface area (Å²) in [6.45, 7) is 9.98. The van der Waals surface area contributed by atoms with E-state index >= 15 is 0 Å². The molecule has 0 unspecified atom stereocenters. The maximum Gasteiger partial charge on any atom is 0.237 e. The van der Waals surface area contributed by atoms with E-state index in [2.05, 4.69) is 70.5 Å². The van der Waals surface area contributed by atoms with Gasteiger partial charge in [0, 0.05) is 36.7 Å². The number of nitrogens with zero attached hydrogens (tertiary/aromatic N) is 6. The number of hydrogen-bond donors (Lipinski definition) is 0. The van der Waals surface area contributed by atoms with Crippen LogP contribution >= 0.6 is 23.2 Å². The van der Waals surface area contributed by atoms with Crippen molar-refractivity contribution >= 4 is 47.6 Å². The van der Waals surface area contributed by atoms with Gasteiger partial charge in [-0.3, -0.25) is 0 Å². The Kier molecular flexibility index (Phi) is 6.09. The molecule has 0 radical (unpaired) electrons. The van der Waals surface area contributed by atoms with Gasteiger partial charge in [0.05, 0.1) is 40.1 Å². The molecular weight excluding hydrogens is 503 g/mol. The molecule has 0 saturated carbocycles. The minimum Gasteiger partial charge on any atom is -0.336 e. The summed E-state index contributed by atoms with van der Waals surface area (Å²) < 4.78 is 4.01. The summed E-state index contributed by atoms with van der Waals surface area (Å²) in [4.78, 5) is 11.2. The number of para-hydroxylation sites is 1. The molecule has 2 aromatic carbocycles. The number of fused-ring (bicyclic) bond motifs is 2. The van der Waals surface area contributed by atoms with Gasteiger partial charge in [-0.25, -0.2) is 14.6 Å². The van der Waals surface area contributed by atoms with Gasteiger partial charge in [-0.05, 0) is 30.0 Å². The minimum absolute atomic E-state index is 0.527. The molecule has 0 amide bonds. The maximum atomic E-state index is 6.63. The van der Waals surface area contributed by atoms with Gasteiger partial charge in [0.1, 0.15) is 11.7 Å². The van der Waals surface area contributed by atoms with Gasteiger partial charge in [-0.2, -0.15) is 9.67 Å². The number of aryl methyl sites for hydroxylation is 2. The van der Waals surface area contributed by atoms with Crippen molar-refractivity contribution in [2.75, 3.05) is 11.4 Å². The fraction of sp³-hybridized carbons (Fsp3) is 0.241. The molecule has 0 aliphatic carbocycles. The molecule has 37 heavy (non-hydrogen) atoms. The van der Waals surface area contributed by atoms with Crippen molar-refractivity contribution in [1.29, 1.82) is 0 Å². The molecule has 0 saturated heterocycles. The highest BCUT2D eigenvalue weighted by Gasteiger charge is 2.32. The van der Waals surface area contributed by atoms with Gasteiger partial charge >= 0.3 is 0 Å². The molecule has 2 aliphatic rings. The molecule has 0 N–H and O–H groups in total. The zero-order valence-electron chi connectivity index (χ0n) is 20.9. The number of benzene rings is 2. The van der Waals surface area contributed by atoms with Crippen LogP contribution in [0.15, 0.2) is 48.9 Å². The van der Waals surface area contributed by atoms with Crippen LogP contribution in [0.4, 0.5) is 11.6 Å². The zero-order valence-corrected chi connectivity index (χ0v) is 22.4. The Morgan fingerprint density at radius 1 is 1.03 bits per heavy atom. The summed E-state index contributed by atoms with van der Waals surface area (Å²) in [5.74, 6) is 0.669. The van der Waals surface area contributed by atoms with Gasteiger partial charge in [-0.1, -0.05) is 61.3 Å². The Bertz CT molecular complexity index is 1550. The van der Waals surface area contributed by atoms with Gasteiger partial charge < -0.3 is 4.90 Å². The van der Waals surface area contributed by atoms with Crippen LogP contribution in [0, 0.1) is 0 Å². The number of aromatic nitrogens is 4.